The number of carbonyl (C=O) groups is 1. The van der Waals surface area contributed by atoms with Crippen LogP contribution in [0.4, 0.5) is 5.82 Å². The van der Waals surface area contributed by atoms with E-state index < -0.39 is 5.97 Å². The maximum absolute atomic E-state index is 10.7. The highest BCUT2D eigenvalue weighted by atomic mass is 16.5. The van der Waals surface area contributed by atoms with Gasteiger partial charge < -0.3 is 14.9 Å². The van der Waals surface area contributed by atoms with E-state index in [9.17, 15) is 4.79 Å². The first-order valence-corrected chi connectivity index (χ1v) is 4.59. The summed E-state index contributed by atoms with van der Waals surface area (Å²) >= 11 is 0. The number of fused-ring (bicyclic) bond motifs is 1. The van der Waals surface area contributed by atoms with Gasteiger partial charge in [0.15, 0.2) is 11.4 Å². The van der Waals surface area contributed by atoms with Gasteiger partial charge in [-0.3, -0.25) is 0 Å². The van der Waals surface area contributed by atoms with Crippen molar-refractivity contribution in [2.75, 3.05) is 11.9 Å². The van der Waals surface area contributed by atoms with Gasteiger partial charge in [0, 0.05) is 6.54 Å². The van der Waals surface area contributed by atoms with Gasteiger partial charge in [0.05, 0.1) is 10.9 Å². The van der Waals surface area contributed by atoms with E-state index in [1.54, 1.807) is 6.07 Å². The van der Waals surface area contributed by atoms with Gasteiger partial charge in [-0.05, 0) is 25.1 Å². The molecular formula is C10H10N2O3. The molecule has 0 aliphatic rings. The predicted molar refractivity (Wildman–Crippen MR) is 55.1 cm³/mol. The minimum atomic E-state index is -0.974. The molecule has 0 amide bonds. The van der Waals surface area contributed by atoms with Gasteiger partial charge >= 0.3 is 5.97 Å². The van der Waals surface area contributed by atoms with E-state index in [0.29, 0.717) is 11.4 Å². The number of carboxylic acids is 1. The molecule has 1 aromatic heterocycles. The van der Waals surface area contributed by atoms with Gasteiger partial charge in [-0.15, -0.1) is 0 Å². The molecule has 0 bridgehead atoms. The summed E-state index contributed by atoms with van der Waals surface area (Å²) in [4.78, 5) is 10.7. The fraction of sp³-hybridized carbons (Fsp3) is 0.200. The molecule has 15 heavy (non-hydrogen) atoms. The maximum Gasteiger partial charge on any atom is 0.335 e. The summed E-state index contributed by atoms with van der Waals surface area (Å²) < 4.78 is 5.02. The van der Waals surface area contributed by atoms with E-state index in [0.717, 1.165) is 11.9 Å². The molecule has 1 heterocycles. The Balaban J connectivity index is 2.51. The molecule has 2 rings (SSSR count). The van der Waals surface area contributed by atoms with Crippen molar-refractivity contribution in [1.29, 1.82) is 0 Å². The molecule has 0 aliphatic carbocycles. The Morgan fingerprint density at radius 1 is 1.60 bits per heavy atom. The molecule has 0 fully saturated rings. The van der Waals surface area contributed by atoms with Crippen LogP contribution in [0, 0.1) is 0 Å². The van der Waals surface area contributed by atoms with Gasteiger partial charge in [-0.25, -0.2) is 4.79 Å². The Labute approximate surface area is 85.7 Å². The smallest absolute Gasteiger partial charge is 0.335 e. The monoisotopic (exact) mass is 206 g/mol. The third-order valence-corrected chi connectivity index (χ3v) is 2.06. The van der Waals surface area contributed by atoms with Crippen molar-refractivity contribution in [2.24, 2.45) is 0 Å². The fourth-order valence-electron chi connectivity index (χ4n) is 1.37. The van der Waals surface area contributed by atoms with Crippen LogP contribution in [0.5, 0.6) is 0 Å². The predicted octanol–water partition coefficient (Wildman–Crippen LogP) is 1.96. The second-order valence-corrected chi connectivity index (χ2v) is 3.08. The Kier molecular flexibility index (Phi) is 2.29. The summed E-state index contributed by atoms with van der Waals surface area (Å²) in [7, 11) is 0. The zero-order chi connectivity index (χ0) is 10.8. The van der Waals surface area contributed by atoms with Crippen LogP contribution in [-0.4, -0.2) is 22.8 Å². The minimum absolute atomic E-state index is 0.196. The van der Waals surface area contributed by atoms with Crippen molar-refractivity contribution in [1.82, 2.24) is 5.16 Å². The van der Waals surface area contributed by atoms with Gasteiger partial charge in [0.25, 0.3) is 0 Å². The molecule has 78 valence electrons. The summed E-state index contributed by atoms with van der Waals surface area (Å²) in [6.07, 6.45) is 0. The molecule has 5 nitrogen and oxygen atoms in total. The van der Waals surface area contributed by atoms with E-state index in [-0.39, 0.29) is 5.56 Å². The standard InChI is InChI=1S/C10H10N2O3/c1-2-11-9-7-4-3-6(10(13)14)5-8(7)15-12-9/h3-5H,2H2,1H3,(H,11,12)(H,13,14). The zero-order valence-corrected chi connectivity index (χ0v) is 8.15. The topological polar surface area (TPSA) is 75.4 Å². The van der Waals surface area contributed by atoms with Gasteiger partial charge in [0.2, 0.25) is 0 Å². The molecule has 0 radical (unpaired) electrons. The summed E-state index contributed by atoms with van der Waals surface area (Å²) in [5.74, 6) is -0.331. The Morgan fingerprint density at radius 3 is 3.07 bits per heavy atom. The molecule has 5 heteroatoms. The van der Waals surface area contributed by atoms with Gasteiger partial charge in [-0.1, -0.05) is 5.16 Å². The lowest BCUT2D eigenvalue weighted by Crippen LogP contribution is -1.97. The van der Waals surface area contributed by atoms with Crippen LogP contribution < -0.4 is 5.32 Å². The van der Waals surface area contributed by atoms with Crippen LogP contribution >= 0.6 is 0 Å². The molecule has 0 spiro atoms. The lowest BCUT2D eigenvalue weighted by atomic mass is 10.2. The highest BCUT2D eigenvalue weighted by molar-refractivity contribution is 5.95. The van der Waals surface area contributed by atoms with Gasteiger partial charge in [-0.2, -0.15) is 0 Å². The molecule has 0 atom stereocenters. The Bertz CT molecular complexity index is 504. The Hall–Kier alpha value is -2.04. The van der Waals surface area contributed by atoms with Crippen LogP contribution in [0.1, 0.15) is 17.3 Å². The van der Waals surface area contributed by atoms with Crippen LogP contribution in [0.3, 0.4) is 0 Å². The normalized spacial score (nSPS) is 10.5. The summed E-state index contributed by atoms with van der Waals surface area (Å²) in [6.45, 7) is 2.69. The maximum atomic E-state index is 10.7. The number of carboxylic acid groups (broad SMARTS) is 1. The number of rotatable bonds is 3. The van der Waals surface area contributed by atoms with E-state index in [1.165, 1.54) is 12.1 Å². The van der Waals surface area contributed by atoms with E-state index in [1.807, 2.05) is 6.92 Å². The van der Waals surface area contributed by atoms with Crippen molar-refractivity contribution in [2.45, 2.75) is 6.92 Å². The number of aromatic nitrogens is 1. The molecule has 2 N–H and O–H groups in total. The van der Waals surface area contributed by atoms with Crippen molar-refractivity contribution < 1.29 is 14.4 Å². The summed E-state index contributed by atoms with van der Waals surface area (Å²) in [5.41, 5.74) is 0.674. The van der Waals surface area contributed by atoms with Crippen molar-refractivity contribution in [3.8, 4) is 0 Å². The highest BCUT2D eigenvalue weighted by Gasteiger charge is 2.10. The molecule has 0 aliphatic heterocycles. The average molecular weight is 206 g/mol. The van der Waals surface area contributed by atoms with E-state index >= 15 is 0 Å². The number of benzene rings is 1. The highest BCUT2D eigenvalue weighted by Crippen LogP contribution is 2.23. The van der Waals surface area contributed by atoms with E-state index in [4.69, 9.17) is 9.63 Å². The van der Waals surface area contributed by atoms with Crippen molar-refractivity contribution >= 4 is 22.8 Å². The number of aromatic carboxylic acids is 1. The molecule has 0 saturated carbocycles. The first-order chi connectivity index (χ1) is 7.22. The third kappa shape index (κ3) is 1.63. The summed E-state index contributed by atoms with van der Waals surface area (Å²) in [5, 5.41) is 16.4. The average Bonchev–Trinajstić information content (AvgIpc) is 2.61. The van der Waals surface area contributed by atoms with Crippen LogP contribution in [-0.2, 0) is 0 Å². The lowest BCUT2D eigenvalue weighted by Gasteiger charge is -1.96. The summed E-state index contributed by atoms with van der Waals surface area (Å²) in [6, 6.07) is 4.68. The molecule has 2 aromatic rings. The lowest BCUT2D eigenvalue weighted by molar-refractivity contribution is 0.0697. The number of hydrogen-bond donors (Lipinski definition) is 2. The van der Waals surface area contributed by atoms with Crippen molar-refractivity contribution in [3.05, 3.63) is 23.8 Å². The molecule has 1 aromatic carbocycles. The van der Waals surface area contributed by atoms with Crippen LogP contribution in [0.25, 0.3) is 11.0 Å². The first-order valence-electron chi connectivity index (χ1n) is 4.59. The van der Waals surface area contributed by atoms with Crippen LogP contribution in [0.2, 0.25) is 0 Å². The third-order valence-electron chi connectivity index (χ3n) is 2.06. The number of anilines is 1. The van der Waals surface area contributed by atoms with Gasteiger partial charge in [0.1, 0.15) is 0 Å². The molecule has 0 unspecified atom stereocenters. The number of hydrogen-bond acceptors (Lipinski definition) is 4. The number of nitrogens with zero attached hydrogens (tertiary/aromatic N) is 1. The SMILES string of the molecule is CCNc1noc2cc(C(=O)O)ccc12. The molecular weight excluding hydrogens is 196 g/mol. The largest absolute Gasteiger partial charge is 0.478 e. The second-order valence-electron chi connectivity index (χ2n) is 3.08. The second kappa shape index (κ2) is 3.61. The van der Waals surface area contributed by atoms with E-state index in [2.05, 4.69) is 10.5 Å². The Morgan fingerprint density at radius 2 is 2.40 bits per heavy atom. The van der Waals surface area contributed by atoms with Crippen LogP contribution in [0.15, 0.2) is 22.7 Å². The minimum Gasteiger partial charge on any atom is -0.478 e. The zero-order valence-electron chi connectivity index (χ0n) is 8.15. The molecule has 0 saturated heterocycles. The quantitative estimate of drug-likeness (QED) is 0.802. The number of nitrogens with one attached hydrogen (secondary N) is 1. The van der Waals surface area contributed by atoms with Crippen molar-refractivity contribution in [3.63, 3.8) is 0 Å². The first kappa shape index (κ1) is 9.51. The fourth-order valence-corrected chi connectivity index (χ4v) is 1.37.